The molecule has 2 rings (SSSR count). The molecule has 0 bridgehead atoms. The molecule has 2 aromatic rings. The predicted molar refractivity (Wildman–Crippen MR) is 89.4 cm³/mol. The van der Waals surface area contributed by atoms with E-state index in [0.29, 0.717) is 6.54 Å². The zero-order valence-corrected chi connectivity index (χ0v) is 15.8. The van der Waals surface area contributed by atoms with Crippen LogP contribution < -0.4 is 40.6 Å². The molecule has 0 aromatic heterocycles. The van der Waals surface area contributed by atoms with Crippen molar-refractivity contribution in [1.29, 1.82) is 0 Å². The summed E-state index contributed by atoms with van der Waals surface area (Å²) in [6.45, 7) is 2.50. The number of primary amides is 1. The fourth-order valence-corrected chi connectivity index (χ4v) is 1.37. The molecule has 0 unspecified atom stereocenters. The molecule has 21 heavy (non-hydrogen) atoms. The molecule has 0 radical (unpaired) electrons. The second-order valence-electron chi connectivity index (χ2n) is 3.43. The van der Waals surface area contributed by atoms with Gasteiger partial charge in [0.05, 0.1) is 0 Å². The molecule has 7 heteroatoms. The molecule has 108 valence electrons. The Morgan fingerprint density at radius 1 is 1.19 bits per heavy atom. The van der Waals surface area contributed by atoms with E-state index < -0.39 is 5.24 Å². The van der Waals surface area contributed by atoms with Crippen molar-refractivity contribution >= 4 is 46.5 Å². The van der Waals surface area contributed by atoms with Crippen molar-refractivity contribution in [3.8, 4) is 0 Å². The second kappa shape index (κ2) is 14.3. The smallest absolute Gasteiger partial charge is 0.361 e. The molecule has 0 fully saturated rings. The van der Waals surface area contributed by atoms with Gasteiger partial charge in [-0.3, -0.25) is 9.59 Å². The van der Waals surface area contributed by atoms with E-state index in [0.717, 1.165) is 0 Å². The Kier molecular flexibility index (Phi) is 15.4. The minimum atomic E-state index is -0.639. The van der Waals surface area contributed by atoms with E-state index in [9.17, 15) is 4.79 Å². The van der Waals surface area contributed by atoms with Gasteiger partial charge in [0.15, 0.2) is 0 Å². The summed E-state index contributed by atoms with van der Waals surface area (Å²) in [5.74, 6) is 0. The maximum absolute atomic E-state index is 9.80. The quantitative estimate of drug-likeness (QED) is 0.344. The Hall–Kier alpha value is -0.660. The van der Waals surface area contributed by atoms with Crippen molar-refractivity contribution in [2.45, 2.75) is 6.92 Å². The first kappa shape index (κ1) is 22.6. The zero-order valence-electron chi connectivity index (χ0n) is 12.0. The molecule has 0 aliphatic heterocycles. The number of carbonyl (C=O) groups is 2. The monoisotopic (exact) mass is 332 g/mol. The molecule has 3 N–H and O–H groups in total. The van der Waals surface area contributed by atoms with Gasteiger partial charge >= 0.3 is 29.6 Å². The number of nitrogens with one attached hydrogen (secondary N) is 1. The topological polar surface area (TPSA) is 72.2 Å². The van der Waals surface area contributed by atoms with Gasteiger partial charge in [0.25, 0.3) is 10.5 Å². The van der Waals surface area contributed by atoms with E-state index in [1.807, 2.05) is 31.2 Å². The third kappa shape index (κ3) is 14.1. The first-order valence-corrected chi connectivity index (χ1v) is 6.67. The minimum absolute atomic E-state index is 0. The molecule has 0 spiro atoms. The van der Waals surface area contributed by atoms with Crippen molar-refractivity contribution in [1.82, 2.24) is 5.32 Å². The first-order chi connectivity index (χ1) is 9.47. The molecular weight excluding hydrogens is 315 g/mol. The molecule has 0 saturated heterocycles. The average Bonchev–Trinajstić information content (AvgIpc) is 2.39. The number of benzene rings is 2. The number of fused-ring (bicyclic) bond motifs is 1. The number of carbonyl (C=O) groups excluding carboxylic acids is 2. The molecule has 0 aliphatic carbocycles. The molecule has 4 nitrogen and oxygen atoms in total. The van der Waals surface area contributed by atoms with Gasteiger partial charge in [-0.1, -0.05) is 37.4 Å². The average molecular weight is 332 g/mol. The van der Waals surface area contributed by atoms with Crippen molar-refractivity contribution in [3.63, 3.8) is 0 Å². The summed E-state index contributed by atoms with van der Waals surface area (Å²) >= 11 is 6.53. The molecule has 0 atom stereocenters. The van der Waals surface area contributed by atoms with Crippen LogP contribution in [0.2, 0.25) is 0 Å². The number of hydrogen-bond acceptors (Lipinski definition) is 2. The largest absolute Gasteiger partial charge is 1.00 e. The van der Waals surface area contributed by atoms with E-state index in [2.05, 4.69) is 60.6 Å². The molecule has 0 saturated carbocycles. The Bertz CT molecular complexity index is 484. The van der Waals surface area contributed by atoms with Gasteiger partial charge in [0.2, 0.25) is 0 Å². The van der Waals surface area contributed by atoms with Gasteiger partial charge < -0.3 is 11.1 Å². The number of thiol groups is 2. The second-order valence-corrected chi connectivity index (χ2v) is 4.28. The Morgan fingerprint density at radius 3 is 2.14 bits per heavy atom. The van der Waals surface area contributed by atoms with Crippen LogP contribution in [0.5, 0.6) is 0 Å². The van der Waals surface area contributed by atoms with Crippen LogP contribution >= 0.6 is 25.3 Å². The fourth-order valence-electron chi connectivity index (χ4n) is 1.21. The SMILES string of the molecule is CCNC(=O)S.NC(=O)S.[Na+].[c-]1cccc2ccccc12. The maximum atomic E-state index is 9.80. The van der Waals surface area contributed by atoms with Gasteiger partial charge in [-0.2, -0.15) is 0 Å². The summed E-state index contributed by atoms with van der Waals surface area (Å²) in [5.41, 5.74) is 4.34. The van der Waals surface area contributed by atoms with Crippen LogP contribution in [0, 0.1) is 6.07 Å². The third-order valence-corrected chi connectivity index (χ3v) is 2.06. The van der Waals surface area contributed by atoms with Gasteiger partial charge in [-0.05, 0) is 6.92 Å². The van der Waals surface area contributed by atoms with Gasteiger partial charge in [-0.25, -0.2) is 0 Å². The van der Waals surface area contributed by atoms with Crippen LogP contribution in [0.15, 0.2) is 42.5 Å². The number of amides is 2. The van der Waals surface area contributed by atoms with Crippen LogP contribution in [0.25, 0.3) is 10.8 Å². The van der Waals surface area contributed by atoms with Crippen LogP contribution in [0.1, 0.15) is 6.92 Å². The van der Waals surface area contributed by atoms with Crippen LogP contribution in [0.3, 0.4) is 0 Å². The van der Waals surface area contributed by atoms with Gasteiger partial charge in [-0.15, -0.1) is 47.2 Å². The number of nitrogens with two attached hydrogens (primary N) is 1. The molecule has 0 heterocycles. The summed E-state index contributed by atoms with van der Waals surface area (Å²) in [4.78, 5) is 18.9. The zero-order chi connectivity index (χ0) is 15.4. The molecule has 0 aliphatic rings. The predicted octanol–water partition coefficient (Wildman–Crippen LogP) is 0.285. The summed E-state index contributed by atoms with van der Waals surface area (Å²) in [5, 5.41) is 3.97. The minimum Gasteiger partial charge on any atom is -0.361 e. The van der Waals surface area contributed by atoms with E-state index in [1.54, 1.807) is 0 Å². The number of rotatable bonds is 1. The van der Waals surface area contributed by atoms with Crippen molar-refractivity contribution in [2.75, 3.05) is 6.54 Å². The Morgan fingerprint density at radius 2 is 1.71 bits per heavy atom. The molecular formula is C14H17N2NaO2S2. The van der Waals surface area contributed by atoms with Crippen LogP contribution in [0.4, 0.5) is 9.59 Å². The standard InChI is InChI=1S/C10H7.C3H7NOS.CH3NOS.Na/c1-2-6-10-8-4-3-7-9(10)5-1;1-2-4-3(5)6;2-1(3)4;/h1-7H;2H2,1H3,(H2,4,5,6);(H3,2,3,4);/q-1;;;+1. The van der Waals surface area contributed by atoms with Crippen molar-refractivity contribution in [2.24, 2.45) is 5.73 Å². The van der Waals surface area contributed by atoms with Crippen molar-refractivity contribution in [3.05, 3.63) is 48.5 Å². The van der Waals surface area contributed by atoms with Gasteiger partial charge in [0.1, 0.15) is 0 Å². The molecule has 2 aromatic carbocycles. The van der Waals surface area contributed by atoms with Gasteiger partial charge in [0, 0.05) is 6.54 Å². The Labute approximate surface area is 158 Å². The van der Waals surface area contributed by atoms with E-state index in [4.69, 9.17) is 4.79 Å². The fraction of sp³-hybridized carbons (Fsp3) is 0.143. The van der Waals surface area contributed by atoms with E-state index in [-0.39, 0.29) is 34.8 Å². The summed E-state index contributed by atoms with van der Waals surface area (Å²) < 4.78 is 0. The van der Waals surface area contributed by atoms with E-state index >= 15 is 0 Å². The van der Waals surface area contributed by atoms with E-state index in [1.165, 1.54) is 10.8 Å². The van der Waals surface area contributed by atoms with Crippen molar-refractivity contribution < 1.29 is 39.1 Å². The molecule has 2 amide bonds. The summed E-state index contributed by atoms with van der Waals surface area (Å²) in [6, 6.07) is 17.4. The normalized spacial score (nSPS) is 8.14. The van der Waals surface area contributed by atoms with Crippen LogP contribution in [-0.2, 0) is 0 Å². The first-order valence-electron chi connectivity index (χ1n) is 5.78. The Balaban J connectivity index is 0. The third-order valence-electron chi connectivity index (χ3n) is 1.90. The summed E-state index contributed by atoms with van der Waals surface area (Å²) in [7, 11) is 0. The van der Waals surface area contributed by atoms with Crippen LogP contribution in [-0.4, -0.2) is 17.0 Å². The summed E-state index contributed by atoms with van der Waals surface area (Å²) in [6.07, 6.45) is 0. The maximum Gasteiger partial charge on any atom is 1.00 e. The number of hydrogen-bond donors (Lipinski definition) is 4.